The molecule has 0 aromatic rings. The molecule has 0 aliphatic carbocycles. The van der Waals surface area contributed by atoms with Crippen LogP contribution in [0.5, 0.6) is 0 Å². The van der Waals surface area contributed by atoms with Gasteiger partial charge in [0.15, 0.2) is 6.10 Å². The van der Waals surface area contributed by atoms with Gasteiger partial charge in [-0.15, -0.1) is 0 Å². The Bertz CT molecular complexity index is 964. The Morgan fingerprint density at radius 3 is 1.13 bits per heavy atom. The standard InChI is InChI=1S/C48H84O6/c1-4-7-10-13-16-19-22-24-27-29-32-35-38-41-47(50)53-44-45(43-52-46(49)40-37-34-31-28-25-21-18-15-12-9-6-3)54-48(51)42-39-36-33-30-26-23-20-17-14-11-8-5-2/h7,10,13,16,19,22,24,27,45H,4-6,8-9,11-12,14-15,17-18,20-21,23,25-26,28-44H2,1-3H3/b10-7-,16-13-,22-19-,27-24-. The number of unbranched alkanes of at least 4 members (excludes halogenated alkanes) is 24. The second kappa shape index (κ2) is 43.1. The van der Waals surface area contributed by atoms with E-state index in [0.29, 0.717) is 19.3 Å². The van der Waals surface area contributed by atoms with Gasteiger partial charge in [0, 0.05) is 19.3 Å². The predicted octanol–water partition coefficient (Wildman–Crippen LogP) is 14.4. The summed E-state index contributed by atoms with van der Waals surface area (Å²) in [7, 11) is 0. The second-order valence-corrected chi connectivity index (χ2v) is 15.0. The normalized spacial score (nSPS) is 12.4. The molecule has 312 valence electrons. The maximum absolute atomic E-state index is 12.7. The Morgan fingerprint density at radius 2 is 0.722 bits per heavy atom. The molecule has 0 radical (unpaired) electrons. The van der Waals surface area contributed by atoms with Crippen LogP contribution in [0.1, 0.15) is 220 Å². The molecule has 0 spiro atoms. The number of ether oxygens (including phenoxy) is 3. The van der Waals surface area contributed by atoms with Crippen LogP contribution >= 0.6 is 0 Å². The van der Waals surface area contributed by atoms with E-state index in [0.717, 1.165) is 70.6 Å². The van der Waals surface area contributed by atoms with Crippen molar-refractivity contribution in [1.82, 2.24) is 0 Å². The zero-order valence-corrected chi connectivity index (χ0v) is 35.5. The molecule has 6 heteroatoms. The van der Waals surface area contributed by atoms with Gasteiger partial charge in [-0.3, -0.25) is 14.4 Å². The van der Waals surface area contributed by atoms with Crippen molar-refractivity contribution in [2.45, 2.75) is 226 Å². The summed E-state index contributed by atoms with van der Waals surface area (Å²) in [6, 6.07) is 0. The van der Waals surface area contributed by atoms with E-state index in [1.54, 1.807) is 0 Å². The molecule has 0 aromatic carbocycles. The van der Waals surface area contributed by atoms with Crippen molar-refractivity contribution in [3.8, 4) is 0 Å². The fourth-order valence-electron chi connectivity index (χ4n) is 6.28. The third kappa shape index (κ3) is 40.6. The molecule has 0 amide bonds. The van der Waals surface area contributed by atoms with Crippen LogP contribution in [0.25, 0.3) is 0 Å². The quantitative estimate of drug-likeness (QED) is 0.0268. The molecule has 0 saturated carbocycles. The topological polar surface area (TPSA) is 78.9 Å². The summed E-state index contributed by atoms with van der Waals surface area (Å²) in [6.07, 6.45) is 49.5. The average molecular weight is 757 g/mol. The molecule has 54 heavy (non-hydrogen) atoms. The van der Waals surface area contributed by atoms with E-state index in [1.165, 1.54) is 109 Å². The molecule has 0 aromatic heterocycles. The van der Waals surface area contributed by atoms with Crippen LogP contribution in [-0.4, -0.2) is 37.2 Å². The van der Waals surface area contributed by atoms with E-state index in [2.05, 4.69) is 32.9 Å². The van der Waals surface area contributed by atoms with Crippen molar-refractivity contribution in [3.63, 3.8) is 0 Å². The number of rotatable bonds is 40. The first-order valence-corrected chi connectivity index (χ1v) is 22.7. The summed E-state index contributed by atoms with van der Waals surface area (Å²) >= 11 is 0. The molecule has 0 saturated heterocycles. The van der Waals surface area contributed by atoms with E-state index in [4.69, 9.17) is 14.2 Å². The second-order valence-electron chi connectivity index (χ2n) is 15.0. The fourth-order valence-corrected chi connectivity index (χ4v) is 6.28. The summed E-state index contributed by atoms with van der Waals surface area (Å²) in [5.41, 5.74) is 0. The van der Waals surface area contributed by atoms with E-state index < -0.39 is 6.10 Å². The summed E-state index contributed by atoms with van der Waals surface area (Å²) in [6.45, 7) is 6.44. The average Bonchev–Trinajstić information content (AvgIpc) is 3.17. The molecule has 0 N–H and O–H groups in total. The van der Waals surface area contributed by atoms with Gasteiger partial charge in [0.25, 0.3) is 0 Å². The van der Waals surface area contributed by atoms with E-state index >= 15 is 0 Å². The van der Waals surface area contributed by atoms with Crippen molar-refractivity contribution in [3.05, 3.63) is 48.6 Å². The minimum Gasteiger partial charge on any atom is -0.462 e. The first-order chi connectivity index (χ1) is 26.5. The number of carbonyl (C=O) groups excluding carboxylic acids is 3. The van der Waals surface area contributed by atoms with Crippen LogP contribution in [-0.2, 0) is 28.6 Å². The van der Waals surface area contributed by atoms with Gasteiger partial charge in [-0.1, -0.05) is 211 Å². The molecule has 1 atom stereocenters. The molecule has 0 aliphatic rings. The number of hydrogen-bond acceptors (Lipinski definition) is 6. The van der Waals surface area contributed by atoms with Crippen molar-refractivity contribution >= 4 is 17.9 Å². The van der Waals surface area contributed by atoms with Crippen LogP contribution in [0.4, 0.5) is 0 Å². The highest BCUT2D eigenvalue weighted by molar-refractivity contribution is 5.71. The van der Waals surface area contributed by atoms with E-state index in [9.17, 15) is 14.4 Å². The largest absolute Gasteiger partial charge is 0.462 e. The van der Waals surface area contributed by atoms with Crippen LogP contribution < -0.4 is 0 Å². The molecular formula is C48H84O6. The summed E-state index contributed by atoms with van der Waals surface area (Å²) < 4.78 is 16.7. The summed E-state index contributed by atoms with van der Waals surface area (Å²) in [5, 5.41) is 0. The Kier molecular flexibility index (Phi) is 41.0. The molecule has 0 heterocycles. The first kappa shape index (κ1) is 51.4. The summed E-state index contributed by atoms with van der Waals surface area (Å²) in [5.74, 6) is -0.923. The Morgan fingerprint density at radius 1 is 0.389 bits per heavy atom. The van der Waals surface area contributed by atoms with Gasteiger partial charge in [0.2, 0.25) is 0 Å². The highest BCUT2D eigenvalue weighted by atomic mass is 16.6. The molecule has 0 rings (SSSR count). The number of allylic oxidation sites excluding steroid dienone is 8. The van der Waals surface area contributed by atoms with Crippen molar-refractivity contribution in [2.24, 2.45) is 0 Å². The van der Waals surface area contributed by atoms with Gasteiger partial charge in [0.05, 0.1) is 0 Å². The third-order valence-corrected chi connectivity index (χ3v) is 9.69. The van der Waals surface area contributed by atoms with Crippen molar-refractivity contribution in [2.75, 3.05) is 13.2 Å². The zero-order valence-electron chi connectivity index (χ0n) is 35.5. The molecular weight excluding hydrogens is 673 g/mol. The highest BCUT2D eigenvalue weighted by Gasteiger charge is 2.19. The maximum atomic E-state index is 12.7. The SMILES string of the molecule is CC\C=C/C=C\C=C/C=C\CCCCCC(=O)OCC(COC(=O)CCCCCCCCCCCCC)OC(=O)CCCCCCCCCCCCCC. The molecule has 0 aliphatic heterocycles. The van der Waals surface area contributed by atoms with Gasteiger partial charge in [-0.05, 0) is 38.5 Å². The van der Waals surface area contributed by atoms with Gasteiger partial charge in [-0.2, -0.15) is 0 Å². The lowest BCUT2D eigenvalue weighted by Crippen LogP contribution is -2.30. The van der Waals surface area contributed by atoms with Crippen LogP contribution in [0.3, 0.4) is 0 Å². The van der Waals surface area contributed by atoms with Gasteiger partial charge in [-0.25, -0.2) is 0 Å². The highest BCUT2D eigenvalue weighted by Crippen LogP contribution is 2.15. The zero-order chi connectivity index (χ0) is 39.4. The first-order valence-electron chi connectivity index (χ1n) is 22.7. The monoisotopic (exact) mass is 757 g/mol. The molecule has 0 fully saturated rings. The fraction of sp³-hybridized carbons (Fsp3) is 0.771. The smallest absolute Gasteiger partial charge is 0.306 e. The lowest BCUT2D eigenvalue weighted by Gasteiger charge is -2.18. The minimum absolute atomic E-state index is 0.0830. The van der Waals surface area contributed by atoms with Gasteiger partial charge >= 0.3 is 17.9 Å². The Labute approximate surface area is 333 Å². The van der Waals surface area contributed by atoms with Crippen LogP contribution in [0.15, 0.2) is 48.6 Å². The van der Waals surface area contributed by atoms with Crippen LogP contribution in [0, 0.1) is 0 Å². The number of hydrogen-bond donors (Lipinski definition) is 0. The minimum atomic E-state index is -0.782. The van der Waals surface area contributed by atoms with E-state index in [-0.39, 0.29) is 31.1 Å². The lowest BCUT2D eigenvalue weighted by atomic mass is 10.0. The molecule has 1 unspecified atom stereocenters. The number of carbonyl (C=O) groups is 3. The Balaban J connectivity index is 4.43. The van der Waals surface area contributed by atoms with Gasteiger partial charge < -0.3 is 14.2 Å². The molecule has 6 nitrogen and oxygen atoms in total. The van der Waals surface area contributed by atoms with Gasteiger partial charge in [0.1, 0.15) is 13.2 Å². The maximum Gasteiger partial charge on any atom is 0.306 e. The van der Waals surface area contributed by atoms with Crippen LogP contribution in [0.2, 0.25) is 0 Å². The predicted molar refractivity (Wildman–Crippen MR) is 229 cm³/mol. The van der Waals surface area contributed by atoms with Crippen molar-refractivity contribution < 1.29 is 28.6 Å². The summed E-state index contributed by atoms with van der Waals surface area (Å²) in [4.78, 5) is 37.7. The Hall–Kier alpha value is -2.63. The van der Waals surface area contributed by atoms with Crippen molar-refractivity contribution in [1.29, 1.82) is 0 Å². The van der Waals surface area contributed by atoms with E-state index in [1.807, 2.05) is 36.5 Å². The molecule has 0 bridgehead atoms. The lowest BCUT2D eigenvalue weighted by molar-refractivity contribution is -0.167. The third-order valence-electron chi connectivity index (χ3n) is 9.69. The number of esters is 3.